The molecule has 1 aliphatic rings. The first-order valence-corrected chi connectivity index (χ1v) is 11.9. The number of rotatable bonds is 8. The fraction of sp³-hybridized carbons (Fsp3) is 0.417. The molecular formula is C24H26F4N4O2S. The van der Waals surface area contributed by atoms with E-state index in [2.05, 4.69) is 15.5 Å². The number of nitrogens with one attached hydrogen (secondary N) is 1. The Bertz CT molecular complexity index is 1180. The minimum Gasteiger partial charge on any atom is -0.481 e. The highest BCUT2D eigenvalue weighted by Crippen LogP contribution is 2.39. The monoisotopic (exact) mass is 510 g/mol. The third-order valence-corrected chi connectivity index (χ3v) is 6.98. The molecule has 0 saturated carbocycles. The summed E-state index contributed by atoms with van der Waals surface area (Å²) >= 11 is 1.17. The summed E-state index contributed by atoms with van der Waals surface area (Å²) in [5.41, 5.74) is 1.31. The number of ether oxygens (including phenoxy) is 1. The van der Waals surface area contributed by atoms with Crippen LogP contribution >= 0.6 is 11.3 Å². The maximum Gasteiger partial charge on any atom is 0.393 e. The summed E-state index contributed by atoms with van der Waals surface area (Å²) in [6.45, 7) is 1.10. The first-order valence-electron chi connectivity index (χ1n) is 11.1. The maximum absolute atomic E-state index is 14.6. The van der Waals surface area contributed by atoms with Gasteiger partial charge in [0.05, 0.1) is 46.7 Å². The lowest BCUT2D eigenvalue weighted by Gasteiger charge is -2.33. The molecule has 2 atom stereocenters. The van der Waals surface area contributed by atoms with E-state index in [4.69, 9.17) is 9.57 Å². The zero-order chi connectivity index (χ0) is 25.0. The van der Waals surface area contributed by atoms with Gasteiger partial charge in [0.25, 0.3) is 0 Å². The van der Waals surface area contributed by atoms with Crippen molar-refractivity contribution in [3.05, 3.63) is 52.5 Å². The number of likely N-dealkylation sites (tertiary alicyclic amines) is 1. The highest BCUT2D eigenvalue weighted by atomic mass is 32.1. The van der Waals surface area contributed by atoms with Crippen LogP contribution in [-0.2, 0) is 17.9 Å². The molecule has 3 heterocycles. The number of benzene rings is 1. The van der Waals surface area contributed by atoms with Gasteiger partial charge in [-0.2, -0.15) is 13.2 Å². The molecule has 0 unspecified atom stereocenters. The third-order valence-electron chi connectivity index (χ3n) is 5.76. The Morgan fingerprint density at radius 3 is 2.80 bits per heavy atom. The van der Waals surface area contributed by atoms with Crippen molar-refractivity contribution in [1.82, 2.24) is 9.88 Å². The Morgan fingerprint density at radius 2 is 2.06 bits per heavy atom. The molecule has 35 heavy (non-hydrogen) atoms. The van der Waals surface area contributed by atoms with E-state index in [9.17, 15) is 17.6 Å². The Labute approximate surface area is 204 Å². The number of alkyl halides is 4. The lowest BCUT2D eigenvalue weighted by molar-refractivity contribution is -0.126. The van der Waals surface area contributed by atoms with E-state index in [-0.39, 0.29) is 12.2 Å². The zero-order valence-corrected chi connectivity index (χ0v) is 20.1. The molecule has 0 amide bonds. The number of pyridine rings is 1. The van der Waals surface area contributed by atoms with E-state index >= 15 is 0 Å². The van der Waals surface area contributed by atoms with Gasteiger partial charge in [-0.15, -0.1) is 11.3 Å². The number of fused-ring (bicyclic) bond motifs is 1. The van der Waals surface area contributed by atoms with Crippen LogP contribution in [0.1, 0.15) is 22.6 Å². The Morgan fingerprint density at radius 1 is 1.26 bits per heavy atom. The molecule has 0 aliphatic carbocycles. The number of methoxy groups -OCH3 is 1. The van der Waals surface area contributed by atoms with E-state index in [0.717, 1.165) is 6.54 Å². The SMILES string of the molecule is COc1cccc(CO/N=C\c2sc3c(N[C@@H]4CCN(C)C[C@@H]4F)cccc3c2CC(F)(F)F)n1. The smallest absolute Gasteiger partial charge is 0.393 e. The van der Waals surface area contributed by atoms with Crippen molar-refractivity contribution in [3.8, 4) is 5.88 Å². The topological polar surface area (TPSA) is 59.0 Å². The minimum absolute atomic E-state index is 0.0357. The van der Waals surface area contributed by atoms with Gasteiger partial charge < -0.3 is 19.8 Å². The molecule has 0 radical (unpaired) electrons. The number of piperidine rings is 1. The van der Waals surface area contributed by atoms with Crippen LogP contribution < -0.4 is 10.1 Å². The molecule has 6 nitrogen and oxygen atoms in total. The first kappa shape index (κ1) is 25.2. The average Bonchev–Trinajstić information content (AvgIpc) is 3.15. The van der Waals surface area contributed by atoms with Crippen LogP contribution in [0.4, 0.5) is 23.2 Å². The van der Waals surface area contributed by atoms with Gasteiger partial charge >= 0.3 is 6.18 Å². The van der Waals surface area contributed by atoms with Crippen LogP contribution in [0, 0.1) is 0 Å². The van der Waals surface area contributed by atoms with Gasteiger partial charge in [-0.25, -0.2) is 9.37 Å². The lowest BCUT2D eigenvalue weighted by Crippen LogP contribution is -2.46. The van der Waals surface area contributed by atoms with Crippen molar-refractivity contribution in [2.45, 2.75) is 37.8 Å². The number of hydrogen-bond acceptors (Lipinski definition) is 7. The zero-order valence-electron chi connectivity index (χ0n) is 19.3. The number of anilines is 1. The van der Waals surface area contributed by atoms with Gasteiger partial charge in [0, 0.05) is 19.2 Å². The average molecular weight is 511 g/mol. The second-order valence-corrected chi connectivity index (χ2v) is 9.47. The maximum atomic E-state index is 14.6. The molecule has 11 heteroatoms. The minimum atomic E-state index is -4.40. The van der Waals surface area contributed by atoms with Crippen molar-refractivity contribution in [2.24, 2.45) is 5.16 Å². The van der Waals surface area contributed by atoms with Crippen LogP contribution in [0.2, 0.25) is 0 Å². The summed E-state index contributed by atoms with van der Waals surface area (Å²) in [6.07, 6.45) is -4.67. The van der Waals surface area contributed by atoms with Crippen molar-refractivity contribution in [1.29, 1.82) is 0 Å². The van der Waals surface area contributed by atoms with Crippen LogP contribution in [-0.4, -0.2) is 61.7 Å². The normalized spacial score (nSPS) is 19.4. The molecule has 188 valence electrons. The van der Waals surface area contributed by atoms with E-state index in [1.165, 1.54) is 24.7 Å². The highest BCUT2D eigenvalue weighted by molar-refractivity contribution is 7.21. The van der Waals surface area contributed by atoms with Gasteiger partial charge in [0.2, 0.25) is 5.88 Å². The van der Waals surface area contributed by atoms with E-state index in [0.29, 0.717) is 45.2 Å². The largest absolute Gasteiger partial charge is 0.481 e. The molecule has 1 aromatic carbocycles. The fourth-order valence-corrected chi connectivity index (χ4v) is 5.21. The summed E-state index contributed by atoms with van der Waals surface area (Å²) in [5.74, 6) is 0.423. The molecule has 2 aromatic heterocycles. The van der Waals surface area contributed by atoms with Gasteiger partial charge in [-0.05, 0) is 36.6 Å². The molecule has 4 rings (SSSR count). The van der Waals surface area contributed by atoms with Gasteiger partial charge in [-0.1, -0.05) is 23.4 Å². The molecule has 1 aliphatic heterocycles. The lowest BCUT2D eigenvalue weighted by atomic mass is 10.0. The molecule has 1 N–H and O–H groups in total. The van der Waals surface area contributed by atoms with Crippen molar-refractivity contribution in [2.75, 3.05) is 32.6 Å². The van der Waals surface area contributed by atoms with Gasteiger partial charge in [-0.3, -0.25) is 0 Å². The molecule has 1 saturated heterocycles. The standard InChI is InChI=1S/C24H26F4N4O2S/c1-32-10-9-19(18(25)13-32)31-20-7-4-6-16-17(11-24(26,27)28)21(35-23(16)20)12-29-34-14-15-5-3-8-22(30-15)33-2/h3-8,12,18-19,31H,9-11,13-14H2,1-2H3/b29-12-/t18-,19+/m0/s1. The van der Waals surface area contributed by atoms with Crippen LogP contribution in [0.3, 0.4) is 0 Å². The number of halogens is 4. The Balaban J connectivity index is 1.58. The first-order chi connectivity index (χ1) is 16.7. The molecule has 1 fully saturated rings. The summed E-state index contributed by atoms with van der Waals surface area (Å²) in [6, 6.07) is 9.88. The van der Waals surface area contributed by atoms with Crippen molar-refractivity contribution in [3.63, 3.8) is 0 Å². The number of oxime groups is 1. The fourth-order valence-electron chi connectivity index (χ4n) is 4.05. The predicted molar refractivity (Wildman–Crippen MR) is 129 cm³/mol. The molecule has 0 bridgehead atoms. The summed E-state index contributed by atoms with van der Waals surface area (Å²) in [4.78, 5) is 11.8. The quantitative estimate of drug-likeness (QED) is 0.249. The molecular weight excluding hydrogens is 484 g/mol. The third kappa shape index (κ3) is 6.40. The van der Waals surface area contributed by atoms with E-state index in [1.54, 1.807) is 36.4 Å². The summed E-state index contributed by atoms with van der Waals surface area (Å²) < 4.78 is 60.5. The van der Waals surface area contributed by atoms with Gasteiger partial charge in [0.15, 0.2) is 6.61 Å². The Kier molecular flexibility index (Phi) is 7.75. The number of aromatic nitrogens is 1. The number of thiophene rings is 1. The molecule has 0 spiro atoms. The number of hydrogen-bond donors (Lipinski definition) is 1. The summed E-state index contributed by atoms with van der Waals surface area (Å²) in [5, 5.41) is 7.59. The van der Waals surface area contributed by atoms with Crippen LogP contribution in [0.15, 0.2) is 41.6 Å². The second-order valence-electron chi connectivity index (χ2n) is 8.42. The Hall–Kier alpha value is -2.92. The highest BCUT2D eigenvalue weighted by Gasteiger charge is 2.32. The van der Waals surface area contributed by atoms with E-state index < -0.39 is 24.8 Å². The van der Waals surface area contributed by atoms with Crippen LogP contribution in [0.25, 0.3) is 10.1 Å². The van der Waals surface area contributed by atoms with Crippen molar-refractivity contribution >= 4 is 33.3 Å². The molecule has 3 aromatic rings. The van der Waals surface area contributed by atoms with E-state index in [1.807, 2.05) is 11.9 Å². The van der Waals surface area contributed by atoms with Gasteiger partial charge in [0.1, 0.15) is 6.17 Å². The second kappa shape index (κ2) is 10.8. The predicted octanol–water partition coefficient (Wildman–Crippen LogP) is 5.41. The number of nitrogens with zero attached hydrogens (tertiary/aromatic N) is 3. The van der Waals surface area contributed by atoms with Crippen LogP contribution in [0.5, 0.6) is 5.88 Å². The van der Waals surface area contributed by atoms with Crippen molar-refractivity contribution < 1.29 is 27.1 Å². The summed E-state index contributed by atoms with van der Waals surface area (Å²) in [7, 11) is 3.36.